The third kappa shape index (κ3) is 3.89. The molecule has 1 aliphatic heterocycles. The zero-order chi connectivity index (χ0) is 20.5. The van der Waals surface area contributed by atoms with Crippen molar-refractivity contribution in [3.63, 3.8) is 0 Å². The fraction of sp³-hybridized carbons (Fsp3) is 0.450. The Hall–Kier alpha value is -2.05. The zero-order valence-electron chi connectivity index (χ0n) is 16.1. The molecule has 0 N–H and O–H groups in total. The van der Waals surface area contributed by atoms with Gasteiger partial charge in [-0.3, -0.25) is 9.59 Å². The highest BCUT2D eigenvalue weighted by Crippen LogP contribution is 2.37. The van der Waals surface area contributed by atoms with E-state index in [4.69, 9.17) is 27.9 Å². The summed E-state index contributed by atoms with van der Waals surface area (Å²) in [5.74, 6) is -0.148. The van der Waals surface area contributed by atoms with Crippen molar-refractivity contribution in [1.29, 1.82) is 0 Å². The minimum atomic E-state index is -0.619. The van der Waals surface area contributed by atoms with Gasteiger partial charge < -0.3 is 9.64 Å². The second kappa shape index (κ2) is 8.13. The van der Waals surface area contributed by atoms with E-state index in [0.717, 1.165) is 19.4 Å². The summed E-state index contributed by atoms with van der Waals surface area (Å²) in [6.45, 7) is 5.14. The maximum atomic E-state index is 12.8. The molecule has 2 aromatic rings. The Morgan fingerprint density at radius 3 is 2.57 bits per heavy atom. The van der Waals surface area contributed by atoms with Gasteiger partial charge in [-0.2, -0.15) is 9.78 Å². The summed E-state index contributed by atoms with van der Waals surface area (Å²) in [4.78, 5) is 27.0. The van der Waals surface area contributed by atoms with Crippen LogP contribution >= 0.6 is 23.2 Å². The van der Waals surface area contributed by atoms with E-state index in [-0.39, 0.29) is 16.9 Å². The van der Waals surface area contributed by atoms with Crippen LogP contribution in [0.3, 0.4) is 0 Å². The van der Waals surface area contributed by atoms with Crippen LogP contribution in [0.2, 0.25) is 10.0 Å². The van der Waals surface area contributed by atoms with Crippen LogP contribution in [-0.4, -0.2) is 35.9 Å². The van der Waals surface area contributed by atoms with E-state index in [0.29, 0.717) is 22.9 Å². The summed E-state index contributed by atoms with van der Waals surface area (Å²) in [5.41, 5.74) is 0.162. The van der Waals surface area contributed by atoms with Gasteiger partial charge in [-0.15, -0.1) is 0 Å². The first-order valence-corrected chi connectivity index (χ1v) is 9.88. The molecule has 1 aromatic heterocycles. The molecule has 1 fully saturated rings. The summed E-state index contributed by atoms with van der Waals surface area (Å²) in [5, 5.41) is 4.98. The highest BCUT2D eigenvalue weighted by atomic mass is 35.5. The fourth-order valence-corrected chi connectivity index (χ4v) is 4.00. The fourth-order valence-electron chi connectivity index (χ4n) is 3.63. The lowest BCUT2D eigenvalue weighted by Gasteiger charge is -2.40. The predicted octanol–water partition coefficient (Wildman–Crippen LogP) is 3.95. The largest absolute Gasteiger partial charge is 0.469 e. The Labute approximate surface area is 174 Å². The van der Waals surface area contributed by atoms with Crippen molar-refractivity contribution in [2.75, 3.05) is 25.1 Å². The van der Waals surface area contributed by atoms with E-state index in [1.165, 1.54) is 11.8 Å². The van der Waals surface area contributed by atoms with E-state index in [9.17, 15) is 9.59 Å². The van der Waals surface area contributed by atoms with E-state index < -0.39 is 11.0 Å². The molecule has 0 radical (unpaired) electrons. The summed E-state index contributed by atoms with van der Waals surface area (Å²) in [6.07, 6.45) is 3.40. The monoisotopic (exact) mass is 423 g/mol. The molecule has 1 unspecified atom stereocenters. The number of hydrogen-bond donors (Lipinski definition) is 0. The van der Waals surface area contributed by atoms with Crippen molar-refractivity contribution in [2.24, 2.45) is 11.3 Å². The minimum Gasteiger partial charge on any atom is -0.469 e. The molecular formula is C20H23Cl2N3O3. The number of anilines is 1. The maximum Gasteiger partial charge on any atom is 0.311 e. The zero-order valence-corrected chi connectivity index (χ0v) is 17.6. The molecule has 1 aromatic carbocycles. The molecule has 1 saturated heterocycles. The van der Waals surface area contributed by atoms with Gasteiger partial charge in [0.05, 0.1) is 30.1 Å². The van der Waals surface area contributed by atoms with E-state index in [2.05, 4.69) is 5.10 Å². The SMILES string of the molecule is COC(=O)C(C)(C)C1CCCN(c2cnn(-c3ccc(Cl)cc3)c(=O)c2Cl)C1. The molecule has 150 valence electrons. The molecule has 0 saturated carbocycles. The number of halogens is 2. The molecule has 1 atom stereocenters. The number of methoxy groups -OCH3 is 1. The van der Waals surface area contributed by atoms with Crippen LogP contribution in [0.25, 0.3) is 5.69 Å². The number of esters is 1. The number of rotatable bonds is 4. The molecule has 0 spiro atoms. The summed E-state index contributed by atoms with van der Waals surface area (Å²) >= 11 is 12.3. The normalized spacial score (nSPS) is 17.5. The van der Waals surface area contributed by atoms with E-state index >= 15 is 0 Å². The lowest BCUT2D eigenvalue weighted by atomic mass is 9.74. The van der Waals surface area contributed by atoms with Crippen LogP contribution in [-0.2, 0) is 9.53 Å². The topological polar surface area (TPSA) is 64.4 Å². The molecule has 6 nitrogen and oxygen atoms in total. The van der Waals surface area contributed by atoms with Gasteiger partial charge in [0.15, 0.2) is 0 Å². The molecular weight excluding hydrogens is 401 g/mol. The molecule has 2 heterocycles. The summed E-state index contributed by atoms with van der Waals surface area (Å²) in [6, 6.07) is 6.80. The van der Waals surface area contributed by atoms with Crippen molar-refractivity contribution in [3.05, 3.63) is 50.9 Å². The first-order valence-electron chi connectivity index (χ1n) is 9.13. The van der Waals surface area contributed by atoms with Crippen LogP contribution in [0, 0.1) is 11.3 Å². The van der Waals surface area contributed by atoms with Crippen molar-refractivity contribution in [2.45, 2.75) is 26.7 Å². The number of aromatic nitrogens is 2. The lowest BCUT2D eigenvalue weighted by Crippen LogP contribution is -2.45. The Morgan fingerprint density at radius 2 is 1.93 bits per heavy atom. The van der Waals surface area contributed by atoms with Gasteiger partial charge in [0.1, 0.15) is 5.02 Å². The van der Waals surface area contributed by atoms with Crippen LogP contribution in [0.5, 0.6) is 0 Å². The predicted molar refractivity (Wildman–Crippen MR) is 111 cm³/mol. The van der Waals surface area contributed by atoms with Crippen molar-refractivity contribution in [1.82, 2.24) is 9.78 Å². The Kier molecular flexibility index (Phi) is 6.01. The quantitative estimate of drug-likeness (QED) is 0.696. The average molecular weight is 424 g/mol. The first kappa shape index (κ1) is 20.7. The third-order valence-electron chi connectivity index (χ3n) is 5.47. The first-order chi connectivity index (χ1) is 13.3. The van der Waals surface area contributed by atoms with Gasteiger partial charge in [0.2, 0.25) is 0 Å². The maximum absolute atomic E-state index is 12.8. The third-order valence-corrected chi connectivity index (χ3v) is 6.07. The standard InChI is InChI=1S/C20H23Cl2N3O3/c1-20(2,19(27)28-3)13-5-4-10-24(12-13)16-11-23-25(18(26)17(16)22)15-8-6-14(21)7-9-15/h6-9,11,13H,4-5,10,12H2,1-3H3. The number of benzene rings is 1. The summed E-state index contributed by atoms with van der Waals surface area (Å²) in [7, 11) is 1.40. The van der Waals surface area contributed by atoms with Gasteiger partial charge in [-0.05, 0) is 56.9 Å². The molecule has 0 amide bonds. The number of carbonyl (C=O) groups is 1. The number of carbonyl (C=O) groups excluding carboxylic acids is 1. The van der Waals surface area contributed by atoms with Gasteiger partial charge in [-0.25, -0.2) is 0 Å². The Balaban J connectivity index is 1.89. The molecule has 0 aliphatic carbocycles. The number of ether oxygens (including phenoxy) is 1. The molecule has 28 heavy (non-hydrogen) atoms. The Bertz CT molecular complexity index is 925. The van der Waals surface area contributed by atoms with E-state index in [1.807, 2.05) is 18.7 Å². The second-order valence-electron chi connectivity index (χ2n) is 7.54. The second-order valence-corrected chi connectivity index (χ2v) is 8.35. The van der Waals surface area contributed by atoms with Gasteiger partial charge in [0, 0.05) is 18.1 Å². The molecule has 1 aliphatic rings. The Morgan fingerprint density at radius 1 is 1.25 bits per heavy atom. The van der Waals surface area contributed by atoms with Gasteiger partial charge in [0.25, 0.3) is 5.56 Å². The number of nitrogens with zero attached hydrogens (tertiary/aromatic N) is 3. The highest BCUT2D eigenvalue weighted by molar-refractivity contribution is 6.33. The van der Waals surface area contributed by atoms with E-state index in [1.54, 1.807) is 30.5 Å². The number of piperidine rings is 1. The van der Waals surface area contributed by atoms with Crippen LogP contribution < -0.4 is 10.5 Å². The highest BCUT2D eigenvalue weighted by Gasteiger charge is 2.40. The van der Waals surface area contributed by atoms with Gasteiger partial charge >= 0.3 is 5.97 Å². The van der Waals surface area contributed by atoms with Crippen LogP contribution in [0.4, 0.5) is 5.69 Å². The van der Waals surface area contributed by atoms with Gasteiger partial charge in [-0.1, -0.05) is 23.2 Å². The lowest BCUT2D eigenvalue weighted by molar-refractivity contribution is -0.154. The van der Waals surface area contributed by atoms with Crippen molar-refractivity contribution < 1.29 is 9.53 Å². The van der Waals surface area contributed by atoms with Crippen LogP contribution in [0.15, 0.2) is 35.3 Å². The summed E-state index contributed by atoms with van der Waals surface area (Å²) < 4.78 is 6.22. The average Bonchev–Trinajstić information content (AvgIpc) is 2.70. The molecule has 8 heteroatoms. The van der Waals surface area contributed by atoms with Crippen molar-refractivity contribution in [3.8, 4) is 5.69 Å². The molecule has 0 bridgehead atoms. The smallest absolute Gasteiger partial charge is 0.311 e. The van der Waals surface area contributed by atoms with Crippen LogP contribution in [0.1, 0.15) is 26.7 Å². The molecule has 3 rings (SSSR count). The minimum absolute atomic E-state index is 0.0865. The van der Waals surface area contributed by atoms with Crippen molar-refractivity contribution >= 4 is 34.9 Å². The number of hydrogen-bond acceptors (Lipinski definition) is 5.